The standard InChI is InChI=1S/C19H25O4P/c1-3-5-15-24(20,21-4-2)22-16-17-11-9-10-14-19(17)23-18-12-7-6-8-13-18/h6-14H,3-5,15-16H2,1-2H3. The van der Waals surface area contributed by atoms with E-state index in [2.05, 4.69) is 6.92 Å². The SMILES string of the molecule is CCCCP(=O)(OCC)OCc1ccccc1Oc1ccccc1. The first-order chi connectivity index (χ1) is 11.7. The summed E-state index contributed by atoms with van der Waals surface area (Å²) in [7, 11) is -3.06. The quantitative estimate of drug-likeness (QED) is 0.492. The molecule has 0 radical (unpaired) electrons. The van der Waals surface area contributed by atoms with E-state index in [1.54, 1.807) is 0 Å². The summed E-state index contributed by atoms with van der Waals surface area (Å²) in [6.07, 6.45) is 2.21. The van der Waals surface area contributed by atoms with Gasteiger partial charge in [0.25, 0.3) is 0 Å². The van der Waals surface area contributed by atoms with E-state index in [0.29, 0.717) is 18.5 Å². The Morgan fingerprint density at radius 3 is 2.33 bits per heavy atom. The Morgan fingerprint density at radius 2 is 1.62 bits per heavy atom. The first kappa shape index (κ1) is 18.7. The lowest BCUT2D eigenvalue weighted by atomic mass is 10.2. The van der Waals surface area contributed by atoms with Crippen LogP contribution in [0, 0.1) is 0 Å². The minimum absolute atomic E-state index is 0.198. The van der Waals surface area contributed by atoms with Crippen molar-refractivity contribution in [2.75, 3.05) is 12.8 Å². The van der Waals surface area contributed by atoms with Gasteiger partial charge in [-0.15, -0.1) is 0 Å². The predicted molar refractivity (Wildman–Crippen MR) is 96.8 cm³/mol. The summed E-state index contributed by atoms with van der Waals surface area (Å²) in [6.45, 7) is 4.46. The molecule has 1 unspecified atom stereocenters. The summed E-state index contributed by atoms with van der Waals surface area (Å²) < 4.78 is 29.7. The molecular weight excluding hydrogens is 323 g/mol. The van der Waals surface area contributed by atoms with Gasteiger partial charge in [-0.05, 0) is 31.5 Å². The monoisotopic (exact) mass is 348 g/mol. The van der Waals surface area contributed by atoms with Crippen LogP contribution in [0.5, 0.6) is 11.5 Å². The van der Waals surface area contributed by atoms with Gasteiger partial charge in [0.15, 0.2) is 0 Å². The van der Waals surface area contributed by atoms with Crippen LogP contribution in [0.2, 0.25) is 0 Å². The molecule has 0 bridgehead atoms. The van der Waals surface area contributed by atoms with Crippen LogP contribution in [-0.2, 0) is 20.2 Å². The fourth-order valence-electron chi connectivity index (χ4n) is 2.22. The van der Waals surface area contributed by atoms with Crippen molar-refractivity contribution in [1.82, 2.24) is 0 Å². The molecule has 0 heterocycles. The maximum atomic E-state index is 12.7. The van der Waals surface area contributed by atoms with Crippen molar-refractivity contribution in [2.24, 2.45) is 0 Å². The molecule has 0 saturated carbocycles. The van der Waals surface area contributed by atoms with Gasteiger partial charge in [0.05, 0.1) is 19.4 Å². The smallest absolute Gasteiger partial charge is 0.330 e. The van der Waals surface area contributed by atoms with Gasteiger partial charge in [0.1, 0.15) is 11.5 Å². The number of unbranched alkanes of at least 4 members (excludes halogenated alkanes) is 1. The lowest BCUT2D eigenvalue weighted by Crippen LogP contribution is -2.02. The molecule has 5 heteroatoms. The third-order valence-corrected chi connectivity index (χ3v) is 5.51. The van der Waals surface area contributed by atoms with Gasteiger partial charge in [-0.1, -0.05) is 49.7 Å². The van der Waals surface area contributed by atoms with Crippen molar-refractivity contribution in [3.63, 3.8) is 0 Å². The number of rotatable bonds is 10. The van der Waals surface area contributed by atoms with E-state index in [-0.39, 0.29) is 6.61 Å². The van der Waals surface area contributed by atoms with E-state index in [1.165, 1.54) is 0 Å². The first-order valence-electron chi connectivity index (χ1n) is 8.36. The Labute approximate surface area is 144 Å². The van der Waals surface area contributed by atoms with E-state index in [0.717, 1.165) is 24.2 Å². The highest BCUT2D eigenvalue weighted by Crippen LogP contribution is 2.50. The van der Waals surface area contributed by atoms with E-state index < -0.39 is 7.60 Å². The Hall–Kier alpha value is -1.61. The van der Waals surface area contributed by atoms with Gasteiger partial charge < -0.3 is 13.8 Å². The molecule has 0 fully saturated rings. The average molecular weight is 348 g/mol. The van der Waals surface area contributed by atoms with E-state index >= 15 is 0 Å². The van der Waals surface area contributed by atoms with Crippen LogP contribution in [-0.4, -0.2) is 12.8 Å². The molecule has 1 atom stereocenters. The van der Waals surface area contributed by atoms with Gasteiger partial charge >= 0.3 is 7.60 Å². The van der Waals surface area contributed by atoms with E-state index in [9.17, 15) is 4.57 Å². The molecule has 0 saturated heterocycles. The molecule has 0 aliphatic rings. The third-order valence-electron chi connectivity index (χ3n) is 3.47. The van der Waals surface area contributed by atoms with Crippen molar-refractivity contribution in [2.45, 2.75) is 33.3 Å². The van der Waals surface area contributed by atoms with Crippen molar-refractivity contribution in [3.05, 3.63) is 60.2 Å². The summed E-state index contributed by atoms with van der Waals surface area (Å²) in [6, 6.07) is 17.2. The molecule has 0 spiro atoms. The van der Waals surface area contributed by atoms with E-state index in [1.807, 2.05) is 61.5 Å². The second kappa shape index (κ2) is 9.63. The topological polar surface area (TPSA) is 44.8 Å². The van der Waals surface area contributed by atoms with Crippen molar-refractivity contribution in [1.29, 1.82) is 0 Å². The molecule has 4 nitrogen and oxygen atoms in total. The fraction of sp³-hybridized carbons (Fsp3) is 0.368. The second-order valence-corrected chi connectivity index (χ2v) is 7.59. The van der Waals surface area contributed by atoms with Gasteiger partial charge in [-0.3, -0.25) is 4.57 Å². The zero-order chi connectivity index (χ0) is 17.3. The lowest BCUT2D eigenvalue weighted by molar-refractivity contribution is 0.203. The molecule has 2 aromatic rings. The number of hydrogen-bond donors (Lipinski definition) is 0. The maximum Gasteiger partial charge on any atom is 0.330 e. The molecule has 0 aliphatic heterocycles. The van der Waals surface area contributed by atoms with Crippen molar-refractivity contribution >= 4 is 7.60 Å². The van der Waals surface area contributed by atoms with Crippen LogP contribution in [0.15, 0.2) is 54.6 Å². The Kier molecular flexibility index (Phi) is 7.51. The third kappa shape index (κ3) is 5.79. The Balaban J connectivity index is 2.07. The highest BCUT2D eigenvalue weighted by atomic mass is 31.2. The second-order valence-electron chi connectivity index (χ2n) is 5.40. The minimum atomic E-state index is -3.06. The van der Waals surface area contributed by atoms with Crippen LogP contribution in [0.25, 0.3) is 0 Å². The molecule has 0 aliphatic carbocycles. The molecule has 0 N–H and O–H groups in total. The molecule has 130 valence electrons. The van der Waals surface area contributed by atoms with Crippen molar-refractivity contribution < 1.29 is 18.3 Å². The minimum Gasteiger partial charge on any atom is -0.457 e. The number of hydrogen-bond acceptors (Lipinski definition) is 4. The summed E-state index contributed by atoms with van der Waals surface area (Å²) >= 11 is 0. The first-order valence-corrected chi connectivity index (χ1v) is 10.1. The number of benzene rings is 2. The van der Waals surface area contributed by atoms with Gasteiger partial charge in [0, 0.05) is 5.56 Å². The van der Waals surface area contributed by atoms with Gasteiger partial charge in [0.2, 0.25) is 0 Å². The van der Waals surface area contributed by atoms with Crippen molar-refractivity contribution in [3.8, 4) is 11.5 Å². The van der Waals surface area contributed by atoms with E-state index in [4.69, 9.17) is 13.8 Å². The normalized spacial score (nSPS) is 13.4. The Bertz CT molecular complexity index is 657. The highest BCUT2D eigenvalue weighted by molar-refractivity contribution is 7.53. The van der Waals surface area contributed by atoms with Gasteiger partial charge in [-0.2, -0.15) is 0 Å². The van der Waals surface area contributed by atoms with Crippen LogP contribution < -0.4 is 4.74 Å². The number of para-hydroxylation sites is 2. The maximum absolute atomic E-state index is 12.7. The van der Waals surface area contributed by atoms with Crippen LogP contribution in [0.1, 0.15) is 32.3 Å². The lowest BCUT2D eigenvalue weighted by Gasteiger charge is -2.18. The zero-order valence-electron chi connectivity index (χ0n) is 14.3. The van der Waals surface area contributed by atoms with Crippen LogP contribution >= 0.6 is 7.60 Å². The molecule has 0 aromatic heterocycles. The molecule has 24 heavy (non-hydrogen) atoms. The fourth-order valence-corrected chi connectivity index (χ4v) is 3.99. The molecule has 0 amide bonds. The highest BCUT2D eigenvalue weighted by Gasteiger charge is 2.23. The summed E-state index contributed by atoms with van der Waals surface area (Å²) in [4.78, 5) is 0. The molecular formula is C19H25O4P. The largest absolute Gasteiger partial charge is 0.457 e. The van der Waals surface area contributed by atoms with Gasteiger partial charge in [-0.25, -0.2) is 0 Å². The average Bonchev–Trinajstić information content (AvgIpc) is 2.61. The van der Waals surface area contributed by atoms with Crippen LogP contribution in [0.3, 0.4) is 0 Å². The zero-order valence-corrected chi connectivity index (χ0v) is 15.2. The molecule has 2 aromatic carbocycles. The van der Waals surface area contributed by atoms with Crippen LogP contribution in [0.4, 0.5) is 0 Å². The summed E-state index contributed by atoms with van der Waals surface area (Å²) in [5.74, 6) is 1.45. The molecule has 2 rings (SSSR count). The predicted octanol–water partition coefficient (Wildman–Crippen LogP) is 6.03. The Morgan fingerprint density at radius 1 is 0.917 bits per heavy atom. The summed E-state index contributed by atoms with van der Waals surface area (Å²) in [5, 5.41) is 0. The number of ether oxygens (including phenoxy) is 1. The summed E-state index contributed by atoms with van der Waals surface area (Å²) in [5.41, 5.74) is 0.845.